The molecular weight excluding hydrogens is 170 g/mol. The van der Waals surface area contributed by atoms with Gasteiger partial charge in [0.05, 0.1) is 0 Å². The van der Waals surface area contributed by atoms with Crippen LogP contribution in [0, 0.1) is 12.8 Å². The summed E-state index contributed by atoms with van der Waals surface area (Å²) >= 11 is 0. The summed E-state index contributed by atoms with van der Waals surface area (Å²) in [6, 6.07) is 8.88. The Morgan fingerprint density at radius 2 is 1.86 bits per heavy atom. The van der Waals surface area contributed by atoms with Gasteiger partial charge in [0.25, 0.3) is 0 Å². The van der Waals surface area contributed by atoms with Crippen LogP contribution in [0.1, 0.15) is 24.5 Å². The number of nitrogens with one attached hydrogen (secondary N) is 1. The lowest BCUT2D eigenvalue weighted by Crippen LogP contribution is -2.20. The smallest absolute Gasteiger partial charge is 0.00204 e. The van der Waals surface area contributed by atoms with Crippen LogP contribution >= 0.6 is 0 Å². The molecule has 0 spiro atoms. The lowest BCUT2D eigenvalue weighted by Gasteiger charge is -2.14. The molecule has 0 saturated heterocycles. The van der Waals surface area contributed by atoms with Crippen LogP contribution in [0.5, 0.6) is 0 Å². The topological polar surface area (TPSA) is 12.0 Å². The molecule has 0 amide bonds. The highest BCUT2D eigenvalue weighted by Gasteiger charge is 2.05. The molecule has 0 aliphatic carbocycles. The van der Waals surface area contributed by atoms with Gasteiger partial charge in [0.1, 0.15) is 0 Å². The third-order valence-corrected chi connectivity index (χ3v) is 2.72. The van der Waals surface area contributed by atoms with Crippen molar-refractivity contribution in [2.75, 3.05) is 13.6 Å². The molecule has 14 heavy (non-hydrogen) atoms. The Morgan fingerprint density at radius 3 is 2.36 bits per heavy atom. The summed E-state index contributed by atoms with van der Waals surface area (Å²) in [6.07, 6.45) is 2.44. The maximum absolute atomic E-state index is 3.25. The van der Waals surface area contributed by atoms with E-state index >= 15 is 0 Å². The fourth-order valence-electron chi connectivity index (χ4n) is 1.71. The van der Waals surface area contributed by atoms with E-state index in [-0.39, 0.29) is 0 Å². The zero-order chi connectivity index (χ0) is 10.4. The summed E-state index contributed by atoms with van der Waals surface area (Å²) in [5.74, 6) is 0.766. The molecular formula is C13H21N. The van der Waals surface area contributed by atoms with Crippen molar-refractivity contribution in [3.63, 3.8) is 0 Å². The summed E-state index contributed by atoms with van der Waals surface area (Å²) in [5.41, 5.74) is 2.80. The van der Waals surface area contributed by atoms with Gasteiger partial charge in [-0.3, -0.25) is 0 Å². The first kappa shape index (κ1) is 11.3. The fourth-order valence-corrected chi connectivity index (χ4v) is 1.71. The lowest BCUT2D eigenvalue weighted by molar-refractivity contribution is 0.481. The zero-order valence-electron chi connectivity index (χ0n) is 9.51. The van der Waals surface area contributed by atoms with Crippen LogP contribution in [0.25, 0.3) is 0 Å². The van der Waals surface area contributed by atoms with Crippen LogP contribution in [0.15, 0.2) is 24.3 Å². The third kappa shape index (κ3) is 3.51. The van der Waals surface area contributed by atoms with Crippen molar-refractivity contribution in [1.82, 2.24) is 5.32 Å². The van der Waals surface area contributed by atoms with E-state index in [9.17, 15) is 0 Å². The van der Waals surface area contributed by atoms with Crippen LogP contribution in [0.4, 0.5) is 0 Å². The van der Waals surface area contributed by atoms with Crippen molar-refractivity contribution < 1.29 is 0 Å². The number of rotatable bonds is 5. The monoisotopic (exact) mass is 191 g/mol. The Labute approximate surface area is 87.5 Å². The van der Waals surface area contributed by atoms with Crippen LogP contribution < -0.4 is 5.32 Å². The van der Waals surface area contributed by atoms with E-state index in [2.05, 4.69) is 43.4 Å². The molecule has 0 aliphatic rings. The molecule has 1 N–H and O–H groups in total. The fraction of sp³-hybridized carbons (Fsp3) is 0.538. The molecule has 0 radical (unpaired) electrons. The molecule has 0 saturated carbocycles. The predicted molar refractivity (Wildman–Crippen MR) is 62.6 cm³/mol. The Kier molecular flexibility index (Phi) is 4.68. The first-order chi connectivity index (χ1) is 6.76. The third-order valence-electron chi connectivity index (χ3n) is 2.72. The number of benzene rings is 1. The van der Waals surface area contributed by atoms with E-state index in [1.807, 2.05) is 7.05 Å². The molecule has 1 heteroatoms. The highest BCUT2D eigenvalue weighted by atomic mass is 14.8. The molecule has 1 nitrogen and oxygen atoms in total. The van der Waals surface area contributed by atoms with E-state index in [1.165, 1.54) is 24.0 Å². The molecule has 1 aromatic carbocycles. The second-order valence-corrected chi connectivity index (χ2v) is 4.02. The first-order valence-corrected chi connectivity index (χ1v) is 5.46. The summed E-state index contributed by atoms with van der Waals surface area (Å²) in [5, 5.41) is 3.25. The molecule has 1 rings (SSSR count). The van der Waals surface area contributed by atoms with Gasteiger partial charge < -0.3 is 5.32 Å². The van der Waals surface area contributed by atoms with E-state index in [1.54, 1.807) is 0 Å². The number of hydrogen-bond acceptors (Lipinski definition) is 1. The highest BCUT2D eigenvalue weighted by molar-refractivity contribution is 5.21. The van der Waals surface area contributed by atoms with Crippen molar-refractivity contribution in [2.24, 2.45) is 5.92 Å². The van der Waals surface area contributed by atoms with Crippen molar-refractivity contribution in [3.05, 3.63) is 35.4 Å². The second kappa shape index (κ2) is 5.82. The number of aryl methyl sites for hydroxylation is 1. The van der Waals surface area contributed by atoms with Gasteiger partial charge >= 0.3 is 0 Å². The normalized spacial score (nSPS) is 12.8. The quantitative estimate of drug-likeness (QED) is 0.754. The van der Waals surface area contributed by atoms with Crippen molar-refractivity contribution in [3.8, 4) is 0 Å². The van der Waals surface area contributed by atoms with Crippen LogP contribution in [0.2, 0.25) is 0 Å². The highest BCUT2D eigenvalue weighted by Crippen LogP contribution is 2.12. The van der Waals surface area contributed by atoms with E-state index in [4.69, 9.17) is 0 Å². The van der Waals surface area contributed by atoms with Gasteiger partial charge in [-0.2, -0.15) is 0 Å². The Morgan fingerprint density at radius 1 is 1.21 bits per heavy atom. The molecule has 78 valence electrons. The minimum absolute atomic E-state index is 0.766. The predicted octanol–water partition coefficient (Wildman–Crippen LogP) is 2.78. The van der Waals surface area contributed by atoms with E-state index in [0.29, 0.717) is 0 Å². The van der Waals surface area contributed by atoms with Crippen LogP contribution in [-0.2, 0) is 6.42 Å². The molecule has 0 aliphatic heterocycles. The molecule has 0 aromatic heterocycles. The molecule has 1 aromatic rings. The SMILES string of the molecule is CCC(CNC)Cc1ccc(C)cc1. The maximum atomic E-state index is 3.25. The second-order valence-electron chi connectivity index (χ2n) is 4.02. The minimum Gasteiger partial charge on any atom is -0.319 e. The van der Waals surface area contributed by atoms with Crippen molar-refractivity contribution >= 4 is 0 Å². The summed E-state index contributed by atoms with van der Waals surface area (Å²) < 4.78 is 0. The largest absolute Gasteiger partial charge is 0.319 e. The van der Waals surface area contributed by atoms with Crippen LogP contribution in [-0.4, -0.2) is 13.6 Å². The lowest BCUT2D eigenvalue weighted by atomic mass is 9.96. The zero-order valence-corrected chi connectivity index (χ0v) is 9.51. The van der Waals surface area contributed by atoms with Gasteiger partial charge in [0.2, 0.25) is 0 Å². The molecule has 0 fully saturated rings. The molecule has 0 bridgehead atoms. The van der Waals surface area contributed by atoms with Gasteiger partial charge in [-0.1, -0.05) is 43.2 Å². The molecule has 0 heterocycles. The Bertz CT molecular complexity index is 250. The first-order valence-electron chi connectivity index (χ1n) is 5.46. The van der Waals surface area contributed by atoms with Crippen molar-refractivity contribution in [1.29, 1.82) is 0 Å². The summed E-state index contributed by atoms with van der Waals surface area (Å²) in [6.45, 7) is 5.51. The standard InChI is InChI=1S/C13H21N/c1-4-12(10-14-3)9-13-7-5-11(2)6-8-13/h5-8,12,14H,4,9-10H2,1-3H3. The molecule has 1 atom stereocenters. The Balaban J connectivity index is 2.53. The van der Waals surface area contributed by atoms with Crippen LogP contribution in [0.3, 0.4) is 0 Å². The maximum Gasteiger partial charge on any atom is -0.00204 e. The van der Waals surface area contributed by atoms with Gasteiger partial charge in [-0.05, 0) is 38.4 Å². The van der Waals surface area contributed by atoms with E-state index < -0.39 is 0 Å². The average molecular weight is 191 g/mol. The molecule has 1 unspecified atom stereocenters. The Hall–Kier alpha value is -0.820. The minimum atomic E-state index is 0.766. The average Bonchev–Trinajstić information content (AvgIpc) is 2.20. The summed E-state index contributed by atoms with van der Waals surface area (Å²) in [7, 11) is 2.03. The summed E-state index contributed by atoms with van der Waals surface area (Å²) in [4.78, 5) is 0. The van der Waals surface area contributed by atoms with Crippen molar-refractivity contribution in [2.45, 2.75) is 26.7 Å². The van der Waals surface area contributed by atoms with Gasteiger partial charge in [-0.15, -0.1) is 0 Å². The number of hydrogen-bond donors (Lipinski definition) is 1. The van der Waals surface area contributed by atoms with Gasteiger partial charge in [0, 0.05) is 0 Å². The van der Waals surface area contributed by atoms with Gasteiger partial charge in [-0.25, -0.2) is 0 Å². The van der Waals surface area contributed by atoms with E-state index in [0.717, 1.165) is 12.5 Å². The van der Waals surface area contributed by atoms with Gasteiger partial charge in [0.15, 0.2) is 0 Å².